The number of hydrogen-bond donors (Lipinski definition) is 0. The van der Waals surface area contributed by atoms with Crippen LogP contribution in [0.1, 0.15) is 10.4 Å². The van der Waals surface area contributed by atoms with Crippen molar-refractivity contribution in [2.45, 2.75) is 4.90 Å². The predicted octanol–water partition coefficient (Wildman–Crippen LogP) is 2.76. The quantitative estimate of drug-likeness (QED) is 0.674. The Hall–Kier alpha value is -2.99. The normalized spacial score (nSPS) is 14.2. The summed E-state index contributed by atoms with van der Waals surface area (Å²) in [4.78, 5) is 24.3. The molecule has 1 heterocycles. The number of rotatable bonds is 2. The van der Waals surface area contributed by atoms with Crippen molar-refractivity contribution in [1.29, 1.82) is 0 Å². The first-order valence-electron chi connectivity index (χ1n) is 7.22. The van der Waals surface area contributed by atoms with Gasteiger partial charge in [0, 0.05) is 0 Å². The van der Waals surface area contributed by atoms with Crippen molar-refractivity contribution < 1.29 is 18.0 Å². The molecule has 0 radical (unpaired) electrons. The van der Waals surface area contributed by atoms with Gasteiger partial charge in [-0.3, -0.25) is 9.59 Å². The van der Waals surface area contributed by atoms with Gasteiger partial charge in [-0.25, -0.2) is 8.42 Å². The topological polar surface area (TPSA) is 71.5 Å². The lowest BCUT2D eigenvalue weighted by atomic mass is 10.1. The van der Waals surface area contributed by atoms with E-state index in [4.69, 9.17) is 0 Å². The number of nitrogens with zero attached hydrogens (tertiary/aromatic N) is 1. The molecule has 0 atom stereocenters. The van der Waals surface area contributed by atoms with Crippen molar-refractivity contribution in [3.05, 3.63) is 72.3 Å². The lowest BCUT2D eigenvalue weighted by Crippen LogP contribution is -2.35. The molecule has 0 saturated carbocycles. The van der Waals surface area contributed by atoms with Gasteiger partial charge in [0.2, 0.25) is 0 Å². The maximum atomic E-state index is 12.9. The van der Waals surface area contributed by atoms with Gasteiger partial charge in [-0.1, -0.05) is 42.5 Å². The summed E-state index contributed by atoms with van der Waals surface area (Å²) in [6, 6.07) is 18.0. The molecule has 5 nitrogen and oxygen atoms in total. The van der Waals surface area contributed by atoms with Gasteiger partial charge in [0.05, 0.1) is 16.1 Å². The SMILES string of the molecule is O=C1C(=O)N(S(=O)(=O)c2ccc3ccccc3c2)c2ccccc21. The molecule has 0 fully saturated rings. The molecule has 0 aliphatic carbocycles. The molecule has 0 unspecified atom stereocenters. The number of anilines is 1. The number of carbonyl (C=O) groups is 2. The maximum Gasteiger partial charge on any atom is 0.313 e. The molecule has 0 bridgehead atoms. The molecule has 6 heteroatoms. The number of hydrogen-bond acceptors (Lipinski definition) is 4. The number of fused-ring (bicyclic) bond motifs is 2. The number of amides is 1. The Labute approximate surface area is 138 Å². The average molecular weight is 337 g/mol. The van der Waals surface area contributed by atoms with Crippen molar-refractivity contribution in [2.24, 2.45) is 0 Å². The van der Waals surface area contributed by atoms with Gasteiger partial charge in [0.15, 0.2) is 0 Å². The molecule has 0 spiro atoms. The number of carbonyl (C=O) groups excluding carboxylic acids is 2. The van der Waals surface area contributed by atoms with Crippen LogP contribution in [-0.2, 0) is 14.8 Å². The van der Waals surface area contributed by atoms with E-state index >= 15 is 0 Å². The molecule has 118 valence electrons. The minimum atomic E-state index is -4.16. The average Bonchev–Trinajstić information content (AvgIpc) is 2.86. The number of para-hydroxylation sites is 1. The second-order valence-electron chi connectivity index (χ2n) is 5.43. The van der Waals surface area contributed by atoms with Gasteiger partial charge in [0.1, 0.15) is 0 Å². The summed E-state index contributed by atoms with van der Waals surface area (Å²) in [6.45, 7) is 0. The molecule has 1 amide bonds. The zero-order valence-corrected chi connectivity index (χ0v) is 13.2. The number of ketones is 1. The highest BCUT2D eigenvalue weighted by Gasteiger charge is 2.43. The third-order valence-corrected chi connectivity index (χ3v) is 5.70. The Kier molecular flexibility index (Phi) is 3.04. The van der Waals surface area contributed by atoms with Crippen molar-refractivity contribution in [3.8, 4) is 0 Å². The van der Waals surface area contributed by atoms with Gasteiger partial charge >= 0.3 is 5.91 Å². The fourth-order valence-electron chi connectivity index (χ4n) is 2.83. The first-order chi connectivity index (χ1) is 11.5. The molecule has 4 rings (SSSR count). The zero-order chi connectivity index (χ0) is 16.9. The van der Waals surface area contributed by atoms with Gasteiger partial charge in [-0.05, 0) is 35.0 Å². The summed E-state index contributed by atoms with van der Waals surface area (Å²) >= 11 is 0. The highest BCUT2D eigenvalue weighted by atomic mass is 32.2. The number of Topliss-reactive ketones (excluding diaryl/α,β-unsaturated/α-hetero) is 1. The van der Waals surface area contributed by atoms with Crippen LogP contribution in [0, 0.1) is 0 Å². The minimum absolute atomic E-state index is 0.0287. The van der Waals surface area contributed by atoms with Crippen LogP contribution in [0.15, 0.2) is 71.6 Å². The summed E-state index contributed by atoms with van der Waals surface area (Å²) < 4.78 is 26.5. The van der Waals surface area contributed by atoms with E-state index in [9.17, 15) is 18.0 Å². The lowest BCUT2D eigenvalue weighted by Gasteiger charge is -2.17. The summed E-state index contributed by atoms with van der Waals surface area (Å²) in [7, 11) is -4.16. The van der Waals surface area contributed by atoms with Crippen LogP contribution in [0.2, 0.25) is 0 Å². The van der Waals surface area contributed by atoms with Crippen molar-refractivity contribution in [3.63, 3.8) is 0 Å². The van der Waals surface area contributed by atoms with Crippen LogP contribution in [-0.4, -0.2) is 20.1 Å². The van der Waals surface area contributed by atoms with Crippen LogP contribution in [0.25, 0.3) is 10.8 Å². The molecule has 3 aromatic carbocycles. The van der Waals surface area contributed by atoms with Crippen molar-refractivity contribution >= 4 is 38.2 Å². The maximum absolute atomic E-state index is 12.9. The standard InChI is InChI=1S/C18H11NO4S/c20-17-15-7-3-4-8-16(15)19(18(17)21)24(22,23)14-10-9-12-5-1-2-6-13(12)11-14/h1-11H. The summed E-state index contributed by atoms with van der Waals surface area (Å²) in [5.41, 5.74) is 0.201. The summed E-state index contributed by atoms with van der Waals surface area (Å²) in [6.07, 6.45) is 0. The van der Waals surface area contributed by atoms with E-state index in [1.165, 1.54) is 24.3 Å². The monoisotopic (exact) mass is 337 g/mol. The zero-order valence-electron chi connectivity index (χ0n) is 12.3. The molecule has 0 saturated heterocycles. The van der Waals surface area contributed by atoms with Crippen molar-refractivity contribution in [1.82, 2.24) is 0 Å². The Morgan fingerprint density at radius 1 is 0.750 bits per heavy atom. The molecular weight excluding hydrogens is 326 g/mol. The van der Waals surface area contributed by atoms with Gasteiger partial charge in [-0.2, -0.15) is 4.31 Å². The van der Waals surface area contributed by atoms with Crippen LogP contribution in [0.4, 0.5) is 5.69 Å². The number of sulfonamides is 1. The van der Waals surface area contributed by atoms with Gasteiger partial charge in [-0.15, -0.1) is 0 Å². The molecule has 24 heavy (non-hydrogen) atoms. The van der Waals surface area contributed by atoms with E-state index in [1.54, 1.807) is 30.3 Å². The van der Waals surface area contributed by atoms with E-state index in [0.717, 1.165) is 10.8 Å². The van der Waals surface area contributed by atoms with Crippen LogP contribution in [0.5, 0.6) is 0 Å². The largest absolute Gasteiger partial charge is 0.313 e. The molecule has 1 aliphatic rings. The Morgan fingerprint density at radius 2 is 1.42 bits per heavy atom. The molecule has 1 aliphatic heterocycles. The van der Waals surface area contributed by atoms with E-state index in [-0.39, 0.29) is 16.1 Å². The van der Waals surface area contributed by atoms with Crippen LogP contribution >= 0.6 is 0 Å². The fraction of sp³-hybridized carbons (Fsp3) is 0. The van der Waals surface area contributed by atoms with Gasteiger partial charge in [0.25, 0.3) is 15.8 Å². The highest BCUT2D eigenvalue weighted by Crippen LogP contribution is 2.34. The van der Waals surface area contributed by atoms with E-state index < -0.39 is 21.7 Å². The highest BCUT2D eigenvalue weighted by molar-refractivity contribution is 7.93. The fourth-order valence-corrected chi connectivity index (χ4v) is 4.28. The van der Waals surface area contributed by atoms with Gasteiger partial charge < -0.3 is 0 Å². The second-order valence-corrected chi connectivity index (χ2v) is 7.22. The Morgan fingerprint density at radius 3 is 2.21 bits per heavy atom. The first kappa shape index (κ1) is 14.6. The first-order valence-corrected chi connectivity index (χ1v) is 8.66. The third kappa shape index (κ3) is 1.97. The Balaban J connectivity index is 1.91. The van der Waals surface area contributed by atoms with E-state index in [2.05, 4.69) is 0 Å². The molecule has 0 aromatic heterocycles. The Bertz CT molecular complexity index is 1120. The third-order valence-electron chi connectivity index (χ3n) is 4.01. The predicted molar refractivity (Wildman–Crippen MR) is 89.4 cm³/mol. The smallest absolute Gasteiger partial charge is 0.283 e. The second kappa shape index (κ2) is 5.01. The molecular formula is C18H11NO4S. The molecule has 3 aromatic rings. The molecule has 0 N–H and O–H groups in total. The summed E-state index contributed by atoms with van der Waals surface area (Å²) in [5.74, 6) is -1.86. The summed E-state index contributed by atoms with van der Waals surface area (Å²) in [5, 5.41) is 1.63. The lowest BCUT2D eigenvalue weighted by molar-refractivity contribution is -0.113. The van der Waals surface area contributed by atoms with E-state index in [0.29, 0.717) is 4.31 Å². The van der Waals surface area contributed by atoms with Crippen LogP contribution < -0.4 is 4.31 Å². The number of benzene rings is 3. The van der Waals surface area contributed by atoms with Crippen LogP contribution in [0.3, 0.4) is 0 Å². The van der Waals surface area contributed by atoms with E-state index in [1.807, 2.05) is 12.1 Å². The minimum Gasteiger partial charge on any atom is -0.283 e. The van der Waals surface area contributed by atoms with Crippen molar-refractivity contribution in [2.75, 3.05) is 4.31 Å².